The molecule has 18 heteroatoms. The van der Waals surface area contributed by atoms with E-state index in [0.717, 1.165) is 19.6 Å². The van der Waals surface area contributed by atoms with Gasteiger partial charge >= 0.3 is 5.97 Å². The zero-order valence-electron chi connectivity index (χ0n) is 22.7. The summed E-state index contributed by atoms with van der Waals surface area (Å²) in [6, 6.07) is -1.28. The number of nitrogens with one attached hydrogen (secondary N) is 1. The summed E-state index contributed by atoms with van der Waals surface area (Å²) in [6.07, 6.45) is -7.09. The number of likely N-dealkylation sites (N-methyl/N-ethyl adjacent to an activating group) is 4. The molecule has 1 aliphatic heterocycles. The van der Waals surface area contributed by atoms with Crippen molar-refractivity contribution in [2.75, 3.05) is 54.4 Å². The van der Waals surface area contributed by atoms with Crippen LogP contribution in [0.4, 0.5) is 0 Å². The van der Waals surface area contributed by atoms with E-state index in [2.05, 4.69) is 5.32 Å². The normalized spacial score (nSPS) is 20.7. The Hall–Kier alpha value is -3.87. The quantitative estimate of drug-likeness (QED) is 0.113. The number of carbonyl (C=O) groups excluding carboxylic acids is 6. The molecule has 18 nitrogen and oxygen atoms in total. The number of aliphatic hydroxyl groups excluding tert-OH is 2. The van der Waals surface area contributed by atoms with E-state index in [-0.39, 0.29) is 25.9 Å². The standard InChI is InChI=1S/C22H37N7O11/c1-26(7-12(24)30)14(32)8-27(2)15(33)9-28(3)16(34)10-29(4)21(37)19-17(35)18(36)20(40-19)25-13(31)6-5-11(23)22(38)39/h11,17-20,35-36H,5-10,23H2,1-4H3,(H2,24,30)(H,25,31)(H,38,39)/t11-,17-,18+,19-,20?/m0/s1. The molecule has 1 aliphatic rings. The average molecular weight is 576 g/mol. The van der Waals surface area contributed by atoms with E-state index >= 15 is 0 Å². The third kappa shape index (κ3) is 10.0. The van der Waals surface area contributed by atoms with Crippen LogP contribution in [0.1, 0.15) is 12.8 Å². The molecule has 40 heavy (non-hydrogen) atoms. The maximum absolute atomic E-state index is 12.8. The molecule has 226 valence electrons. The van der Waals surface area contributed by atoms with Gasteiger partial charge in [-0.2, -0.15) is 0 Å². The van der Waals surface area contributed by atoms with Crippen LogP contribution < -0.4 is 16.8 Å². The monoisotopic (exact) mass is 575 g/mol. The predicted octanol–water partition coefficient (Wildman–Crippen LogP) is -5.94. The molecule has 1 heterocycles. The SMILES string of the molecule is CN(CC(N)=O)C(=O)CN(C)C(=O)CN(C)C(=O)CN(C)C(=O)[C@H]1OC(NC(=O)CC[C@H](N)C(=O)O)[C@H](O)[C@@H]1O. The molecule has 0 radical (unpaired) electrons. The highest BCUT2D eigenvalue weighted by Gasteiger charge is 2.48. The van der Waals surface area contributed by atoms with Gasteiger partial charge in [-0.05, 0) is 6.42 Å². The molecule has 6 amide bonds. The number of hydrogen-bond donors (Lipinski definition) is 6. The van der Waals surface area contributed by atoms with Crippen molar-refractivity contribution in [2.45, 2.75) is 43.4 Å². The van der Waals surface area contributed by atoms with Gasteiger partial charge in [-0.1, -0.05) is 0 Å². The Labute approximate surface area is 229 Å². The van der Waals surface area contributed by atoms with E-state index in [0.29, 0.717) is 0 Å². The molecule has 1 rings (SSSR count). The molecule has 0 aromatic carbocycles. The smallest absolute Gasteiger partial charge is 0.320 e. The molecule has 5 atom stereocenters. The van der Waals surface area contributed by atoms with Crippen LogP contribution >= 0.6 is 0 Å². The summed E-state index contributed by atoms with van der Waals surface area (Å²) >= 11 is 0. The van der Waals surface area contributed by atoms with Crippen LogP contribution in [-0.4, -0.2) is 161 Å². The van der Waals surface area contributed by atoms with Crippen molar-refractivity contribution in [3.8, 4) is 0 Å². The largest absolute Gasteiger partial charge is 0.480 e. The van der Waals surface area contributed by atoms with Gasteiger partial charge < -0.3 is 56.4 Å². The van der Waals surface area contributed by atoms with Crippen molar-refractivity contribution >= 4 is 41.4 Å². The van der Waals surface area contributed by atoms with Crippen molar-refractivity contribution in [2.24, 2.45) is 11.5 Å². The number of nitrogens with two attached hydrogens (primary N) is 2. The minimum atomic E-state index is -1.75. The first kappa shape index (κ1) is 34.2. The first-order valence-corrected chi connectivity index (χ1v) is 12.0. The number of hydrogen-bond acceptors (Lipinski definition) is 11. The lowest BCUT2D eigenvalue weighted by Gasteiger charge is -2.26. The highest BCUT2D eigenvalue weighted by atomic mass is 16.6. The van der Waals surface area contributed by atoms with Crippen LogP contribution in [-0.2, 0) is 38.3 Å². The molecule has 1 unspecified atom stereocenters. The third-order valence-corrected chi connectivity index (χ3v) is 5.97. The Morgan fingerprint density at radius 2 is 1.25 bits per heavy atom. The number of primary amides is 1. The Balaban J connectivity index is 2.62. The van der Waals surface area contributed by atoms with Gasteiger partial charge in [-0.25, -0.2) is 0 Å². The predicted molar refractivity (Wildman–Crippen MR) is 133 cm³/mol. The molecule has 0 bridgehead atoms. The zero-order valence-corrected chi connectivity index (χ0v) is 22.7. The van der Waals surface area contributed by atoms with Crippen molar-refractivity contribution < 1.29 is 53.6 Å². The number of nitrogens with zero attached hydrogens (tertiary/aromatic N) is 4. The molecule has 1 fully saturated rings. The Morgan fingerprint density at radius 3 is 1.70 bits per heavy atom. The Bertz CT molecular complexity index is 994. The second-order valence-corrected chi connectivity index (χ2v) is 9.42. The molecule has 8 N–H and O–H groups in total. The minimum Gasteiger partial charge on any atom is -0.480 e. The van der Waals surface area contributed by atoms with Crippen LogP contribution in [0.25, 0.3) is 0 Å². The van der Waals surface area contributed by atoms with E-state index in [4.69, 9.17) is 21.3 Å². The fourth-order valence-corrected chi connectivity index (χ4v) is 3.41. The number of carboxylic acid groups (broad SMARTS) is 1. The van der Waals surface area contributed by atoms with Crippen molar-refractivity contribution in [1.29, 1.82) is 0 Å². The van der Waals surface area contributed by atoms with Gasteiger partial charge in [0, 0.05) is 34.6 Å². The van der Waals surface area contributed by atoms with Crippen molar-refractivity contribution in [1.82, 2.24) is 24.9 Å². The van der Waals surface area contributed by atoms with Crippen molar-refractivity contribution in [3.05, 3.63) is 0 Å². The number of amides is 6. The summed E-state index contributed by atoms with van der Waals surface area (Å²) in [4.78, 5) is 87.6. The molecule has 0 saturated carbocycles. The Morgan fingerprint density at radius 1 is 0.800 bits per heavy atom. The number of rotatable bonds is 14. The highest BCUT2D eigenvalue weighted by Crippen LogP contribution is 2.21. The maximum Gasteiger partial charge on any atom is 0.320 e. The van der Waals surface area contributed by atoms with Gasteiger partial charge in [-0.3, -0.25) is 33.6 Å². The second-order valence-electron chi connectivity index (χ2n) is 9.42. The average Bonchev–Trinajstić information content (AvgIpc) is 3.14. The first-order chi connectivity index (χ1) is 18.5. The van der Waals surface area contributed by atoms with E-state index in [1.54, 1.807) is 0 Å². The molecule has 0 aromatic heterocycles. The van der Waals surface area contributed by atoms with E-state index in [9.17, 15) is 43.8 Å². The third-order valence-electron chi connectivity index (χ3n) is 5.97. The van der Waals surface area contributed by atoms with Crippen LogP contribution in [0.3, 0.4) is 0 Å². The van der Waals surface area contributed by atoms with Gasteiger partial charge in [0.25, 0.3) is 5.91 Å². The van der Waals surface area contributed by atoms with Crippen LogP contribution in [0, 0.1) is 0 Å². The Kier molecular flexibility index (Phi) is 12.9. The first-order valence-electron chi connectivity index (χ1n) is 12.0. The molecular weight excluding hydrogens is 538 g/mol. The summed E-state index contributed by atoms with van der Waals surface area (Å²) in [5, 5.41) is 31.5. The fraction of sp³-hybridized carbons (Fsp3) is 0.682. The van der Waals surface area contributed by atoms with Crippen LogP contribution in [0.5, 0.6) is 0 Å². The van der Waals surface area contributed by atoms with Crippen LogP contribution in [0.15, 0.2) is 0 Å². The van der Waals surface area contributed by atoms with E-state index in [1.165, 1.54) is 28.2 Å². The summed E-state index contributed by atoms with van der Waals surface area (Å²) in [6.45, 7) is -1.68. The molecule has 1 saturated heterocycles. The lowest BCUT2D eigenvalue weighted by molar-refractivity contribution is -0.151. The molecule has 0 aromatic rings. The number of carbonyl (C=O) groups is 7. The van der Waals surface area contributed by atoms with Gasteiger partial charge in [0.05, 0.1) is 26.2 Å². The van der Waals surface area contributed by atoms with E-state index < -0.39 is 85.1 Å². The number of carboxylic acids is 1. The summed E-state index contributed by atoms with van der Waals surface area (Å²) in [5.41, 5.74) is 10.4. The molecule has 0 spiro atoms. The van der Waals surface area contributed by atoms with Gasteiger partial charge in [0.15, 0.2) is 12.3 Å². The topological polar surface area (TPSA) is 266 Å². The summed E-state index contributed by atoms with van der Waals surface area (Å²) in [5.74, 6) is -5.49. The second kappa shape index (κ2) is 15.1. The fourth-order valence-electron chi connectivity index (χ4n) is 3.41. The number of aliphatic carboxylic acids is 1. The lowest BCUT2D eigenvalue weighted by atomic mass is 10.1. The number of ether oxygens (including phenoxy) is 1. The summed E-state index contributed by atoms with van der Waals surface area (Å²) < 4.78 is 5.29. The highest BCUT2D eigenvalue weighted by molar-refractivity contribution is 5.91. The number of aliphatic hydroxyl groups is 2. The van der Waals surface area contributed by atoms with Gasteiger partial charge in [0.2, 0.25) is 29.5 Å². The zero-order chi connectivity index (χ0) is 30.9. The minimum absolute atomic E-state index is 0.200. The van der Waals surface area contributed by atoms with Gasteiger partial charge in [-0.15, -0.1) is 0 Å². The van der Waals surface area contributed by atoms with E-state index in [1.807, 2.05) is 0 Å². The maximum atomic E-state index is 12.8. The van der Waals surface area contributed by atoms with Crippen LogP contribution in [0.2, 0.25) is 0 Å². The summed E-state index contributed by atoms with van der Waals surface area (Å²) in [7, 11) is 5.18. The lowest BCUT2D eigenvalue weighted by Crippen LogP contribution is -2.49. The molecule has 0 aliphatic carbocycles. The van der Waals surface area contributed by atoms with Crippen molar-refractivity contribution in [3.63, 3.8) is 0 Å². The van der Waals surface area contributed by atoms with Gasteiger partial charge in [0.1, 0.15) is 18.2 Å². The molecular formula is C22H37N7O11.